The van der Waals surface area contributed by atoms with E-state index in [9.17, 15) is 0 Å². The van der Waals surface area contributed by atoms with Crippen LogP contribution in [0.4, 0.5) is 0 Å². The average molecular weight is 1020 g/mol. The van der Waals surface area contributed by atoms with Crippen molar-refractivity contribution < 1.29 is 105 Å². The number of hydrogen-bond acceptors (Lipinski definition) is 10. The fraction of sp³-hybridized carbons (Fsp3) is 1.00. The van der Waals surface area contributed by atoms with E-state index in [4.69, 9.17) is 45.9 Å². The molecule has 4 heterocycles. The van der Waals surface area contributed by atoms with Crippen LogP contribution in [0.5, 0.6) is 0 Å². The van der Waals surface area contributed by atoms with Crippen molar-refractivity contribution in [3.8, 4) is 0 Å². The minimum Gasteiger partial charge on any atom is -0.759 e. The van der Waals surface area contributed by atoms with Crippen molar-refractivity contribution >= 4 is 10.4 Å². The van der Waals surface area contributed by atoms with Crippen LogP contribution in [-0.4, -0.2) is 67.1 Å². The van der Waals surface area contributed by atoms with E-state index in [1.165, 1.54) is 231 Å². The molecule has 4 aliphatic heterocycles. The number of unbranched alkanes of at least 4 members (excludes halogenated alkanes) is 32. The van der Waals surface area contributed by atoms with Crippen molar-refractivity contribution in [1.29, 1.82) is 0 Å². The van der Waals surface area contributed by atoms with Crippen LogP contribution in [0.25, 0.3) is 0 Å². The van der Waals surface area contributed by atoms with Gasteiger partial charge in [0.1, 0.15) is 0 Å². The van der Waals surface area contributed by atoms with E-state index in [0.717, 1.165) is 77.8 Å². The molecule has 10 nitrogen and oxygen atoms in total. The van der Waals surface area contributed by atoms with Gasteiger partial charge >= 0.3 is 59.1 Å². The van der Waals surface area contributed by atoms with E-state index < -0.39 is 10.4 Å². The molecule has 0 amide bonds. The van der Waals surface area contributed by atoms with E-state index in [2.05, 4.69) is 27.7 Å². The quantitative estimate of drug-likeness (QED) is 0.0251. The molecule has 0 bridgehead atoms. The Hall–Kier alpha value is 1.63. The minimum absolute atomic E-state index is 0. The van der Waals surface area contributed by atoms with Crippen molar-refractivity contribution in [2.24, 2.45) is 0 Å². The molecule has 4 aliphatic rings. The van der Waals surface area contributed by atoms with Gasteiger partial charge in [-0.2, -0.15) is 0 Å². The Morgan fingerprint density at radius 3 is 0.565 bits per heavy atom. The van der Waals surface area contributed by atoms with Crippen LogP contribution in [0.15, 0.2) is 0 Å². The molecule has 13 heteroatoms. The zero-order valence-corrected chi connectivity index (χ0v) is 51.2. The fourth-order valence-corrected chi connectivity index (χ4v) is 10.1. The molecular weight excluding hydrogens is 911 g/mol. The molecular formula is C56H108Na2O10S. The van der Waals surface area contributed by atoms with E-state index in [1.807, 2.05) is 0 Å². The fourth-order valence-electron chi connectivity index (χ4n) is 10.1. The third-order valence-corrected chi connectivity index (χ3v) is 14.8. The summed E-state index contributed by atoms with van der Waals surface area (Å²) in [5, 5.41) is 0. The zero-order chi connectivity index (χ0) is 48.7. The van der Waals surface area contributed by atoms with Crippen molar-refractivity contribution in [2.45, 2.75) is 333 Å². The van der Waals surface area contributed by atoms with Crippen LogP contribution < -0.4 is 59.1 Å². The molecule has 4 atom stereocenters. The standard InChI is InChI=1S/2C28H54O3.2Na.H2O4S/c2*1-3-5-7-9-11-13-15-17-19-21-27(23-25-29-27)31-28(24-26-30-28)22-20-18-16-14-12-10-8-6-4-2;;;1-5(2,3)4/h2*3-26H2,1-2H3;;;(H2,1,2,3,4)/q;;2*+1;/p-2. The van der Waals surface area contributed by atoms with Crippen LogP contribution in [0.3, 0.4) is 0 Å². The average Bonchev–Trinajstić information content (AvgIpc) is 3.24. The Bertz CT molecular complexity index is 1070. The molecule has 0 radical (unpaired) electrons. The summed E-state index contributed by atoms with van der Waals surface area (Å²) in [6, 6.07) is 0. The number of ether oxygens (including phenoxy) is 6. The summed E-state index contributed by atoms with van der Waals surface area (Å²) in [5.74, 6) is -1.33. The van der Waals surface area contributed by atoms with Crippen LogP contribution in [0.1, 0.15) is 310 Å². The Labute approximate surface area is 471 Å². The van der Waals surface area contributed by atoms with Crippen LogP contribution in [0, 0.1) is 0 Å². The van der Waals surface area contributed by atoms with Crippen LogP contribution in [-0.2, 0) is 38.8 Å². The third-order valence-electron chi connectivity index (χ3n) is 14.8. The van der Waals surface area contributed by atoms with Crippen LogP contribution >= 0.6 is 0 Å². The van der Waals surface area contributed by atoms with E-state index >= 15 is 0 Å². The summed E-state index contributed by atoms with van der Waals surface area (Å²) < 4.78 is 71.3. The molecule has 4 fully saturated rings. The summed E-state index contributed by atoms with van der Waals surface area (Å²) in [6.45, 7) is 12.6. The second-order valence-corrected chi connectivity index (χ2v) is 21.8. The van der Waals surface area contributed by atoms with Crippen molar-refractivity contribution in [2.75, 3.05) is 26.4 Å². The number of hydrogen-bond donors (Lipinski definition) is 0. The topological polar surface area (TPSA) is 136 Å². The Balaban J connectivity index is 0.00000119. The van der Waals surface area contributed by atoms with Gasteiger partial charge in [-0.15, -0.1) is 0 Å². The van der Waals surface area contributed by atoms with Gasteiger partial charge in [-0.05, 0) is 25.7 Å². The van der Waals surface area contributed by atoms with Gasteiger partial charge in [0.15, 0.2) is 23.1 Å². The number of rotatable bonds is 44. The van der Waals surface area contributed by atoms with Gasteiger partial charge in [-0.3, -0.25) is 8.42 Å². The molecule has 0 aromatic heterocycles. The summed E-state index contributed by atoms with van der Waals surface area (Å²) in [4.78, 5) is 0. The molecule has 4 unspecified atom stereocenters. The molecule has 4 rings (SSSR count). The maximum atomic E-state index is 8.52. The van der Waals surface area contributed by atoms with E-state index in [1.54, 1.807) is 0 Å². The first-order valence-electron chi connectivity index (χ1n) is 29.1. The first-order chi connectivity index (χ1) is 32.5. The van der Waals surface area contributed by atoms with Gasteiger partial charge in [-0.1, -0.05) is 233 Å². The zero-order valence-electron chi connectivity index (χ0n) is 46.4. The van der Waals surface area contributed by atoms with Gasteiger partial charge in [0.2, 0.25) is 0 Å². The normalized spacial score (nSPS) is 23.6. The first kappa shape index (κ1) is 70.6. The maximum absolute atomic E-state index is 8.52. The van der Waals surface area contributed by atoms with Gasteiger partial charge < -0.3 is 37.5 Å². The van der Waals surface area contributed by atoms with Gasteiger partial charge in [0.25, 0.3) is 0 Å². The second kappa shape index (κ2) is 44.7. The molecule has 69 heavy (non-hydrogen) atoms. The molecule has 0 aromatic rings. The Morgan fingerprint density at radius 1 is 0.319 bits per heavy atom. The predicted molar refractivity (Wildman–Crippen MR) is 273 cm³/mol. The minimum atomic E-state index is -5.17. The molecule has 0 saturated carbocycles. The maximum Gasteiger partial charge on any atom is 1.00 e. The Morgan fingerprint density at radius 2 is 0.449 bits per heavy atom. The predicted octanol–water partition coefficient (Wildman–Crippen LogP) is 10.8. The smallest absolute Gasteiger partial charge is 0.759 e. The van der Waals surface area contributed by atoms with Crippen molar-refractivity contribution in [3.63, 3.8) is 0 Å². The molecule has 400 valence electrons. The first-order valence-corrected chi connectivity index (χ1v) is 30.4. The SMILES string of the molecule is CCCCCCCCCCCC1(OC2(CCCCCCCCCCC)CCO2)CCO1.CCCCCCCCCCCC1(OC2(CCCCCCCCCCC)CCO2)CCO1.O=S(=O)([O-])[O-].[Na+].[Na+]. The summed E-state index contributed by atoms with van der Waals surface area (Å²) in [7, 11) is -5.17. The monoisotopic (exact) mass is 1020 g/mol. The summed E-state index contributed by atoms with van der Waals surface area (Å²) >= 11 is 0. The third kappa shape index (κ3) is 36.3. The molecule has 0 spiro atoms. The van der Waals surface area contributed by atoms with E-state index in [0.29, 0.717) is 0 Å². The van der Waals surface area contributed by atoms with Crippen molar-refractivity contribution in [3.05, 3.63) is 0 Å². The summed E-state index contributed by atoms with van der Waals surface area (Å²) in [5.41, 5.74) is 0. The molecule has 0 N–H and O–H groups in total. The summed E-state index contributed by atoms with van der Waals surface area (Å²) in [6.07, 6.45) is 57.5. The van der Waals surface area contributed by atoms with Gasteiger partial charge in [0.05, 0.1) is 26.4 Å². The second-order valence-electron chi connectivity index (χ2n) is 21.0. The molecule has 4 saturated heterocycles. The van der Waals surface area contributed by atoms with Gasteiger partial charge in [0, 0.05) is 61.8 Å². The molecule has 0 aromatic carbocycles. The largest absolute Gasteiger partial charge is 1.00 e. The van der Waals surface area contributed by atoms with Crippen molar-refractivity contribution in [1.82, 2.24) is 0 Å². The van der Waals surface area contributed by atoms with Crippen LogP contribution in [0.2, 0.25) is 0 Å². The van der Waals surface area contributed by atoms with Gasteiger partial charge in [-0.25, -0.2) is 0 Å². The Kier molecular flexibility index (Phi) is 45.8. The van der Waals surface area contributed by atoms with E-state index in [-0.39, 0.29) is 82.3 Å². The molecule has 0 aliphatic carbocycles.